The van der Waals surface area contributed by atoms with Gasteiger partial charge in [0.05, 0.1) is 11.9 Å². The van der Waals surface area contributed by atoms with Crippen LogP contribution in [0.2, 0.25) is 10.0 Å². The molecule has 1 N–H and O–H groups in total. The molecule has 0 unspecified atom stereocenters. The molecule has 2 aromatic rings. The third kappa shape index (κ3) is 7.58. The lowest BCUT2D eigenvalue weighted by Gasteiger charge is -2.18. The van der Waals surface area contributed by atoms with Gasteiger partial charge in [0, 0.05) is 35.1 Å². The highest BCUT2D eigenvalue weighted by atomic mass is 35.5. The number of carbonyl (C=O) groups excluding carboxylic acids is 1. The highest BCUT2D eigenvalue weighted by Crippen LogP contribution is 2.24. The normalized spacial score (nSPS) is 12.3. The Labute approximate surface area is 191 Å². The summed E-state index contributed by atoms with van der Waals surface area (Å²) in [5.74, 6) is 1.71. The number of thioether (sulfide) groups is 1. The topological polar surface area (TPSA) is 75.7 Å². The summed E-state index contributed by atoms with van der Waals surface area (Å²) in [6.07, 6.45) is 0.450. The Morgan fingerprint density at radius 3 is 2.47 bits per heavy atom. The third-order valence-corrected chi connectivity index (χ3v) is 7.00. The van der Waals surface area contributed by atoms with Gasteiger partial charge >= 0.3 is 0 Å². The van der Waals surface area contributed by atoms with Crippen molar-refractivity contribution in [1.82, 2.24) is 5.32 Å². The fraction of sp³-hybridized carbons (Fsp3) is 0.350. The Kier molecular flexibility index (Phi) is 9.15. The molecule has 30 heavy (non-hydrogen) atoms. The molecule has 0 spiro atoms. The number of amides is 1. The van der Waals surface area contributed by atoms with Gasteiger partial charge in [0.25, 0.3) is 5.91 Å². The Morgan fingerprint density at radius 2 is 1.87 bits per heavy atom. The van der Waals surface area contributed by atoms with E-state index in [2.05, 4.69) is 5.32 Å². The average molecular weight is 491 g/mol. The summed E-state index contributed by atoms with van der Waals surface area (Å²) in [6.45, 7) is 2.16. The molecule has 0 aliphatic heterocycles. The molecular formula is C20H24Cl2N2O4S2. The molecule has 1 atom stereocenters. The summed E-state index contributed by atoms with van der Waals surface area (Å²) >= 11 is 13.7. The molecule has 0 saturated heterocycles. The Bertz CT molecular complexity index is 969. The van der Waals surface area contributed by atoms with Crippen molar-refractivity contribution in [3.05, 3.63) is 58.1 Å². The lowest BCUT2D eigenvalue weighted by atomic mass is 10.2. The van der Waals surface area contributed by atoms with Crippen molar-refractivity contribution in [3.63, 3.8) is 0 Å². The molecule has 0 heterocycles. The van der Waals surface area contributed by atoms with Gasteiger partial charge in [-0.05, 0) is 48.9 Å². The van der Waals surface area contributed by atoms with E-state index in [4.69, 9.17) is 27.9 Å². The van der Waals surface area contributed by atoms with Gasteiger partial charge in [0.1, 0.15) is 5.75 Å². The van der Waals surface area contributed by atoms with Gasteiger partial charge in [-0.3, -0.25) is 9.10 Å². The lowest BCUT2D eigenvalue weighted by molar-refractivity contribution is -0.127. The fourth-order valence-electron chi connectivity index (χ4n) is 2.39. The molecule has 164 valence electrons. The third-order valence-electron chi connectivity index (χ3n) is 4.20. The zero-order valence-electron chi connectivity index (χ0n) is 16.9. The Balaban J connectivity index is 1.74. The van der Waals surface area contributed by atoms with Crippen LogP contribution in [-0.2, 0) is 20.6 Å². The highest BCUT2D eigenvalue weighted by molar-refractivity contribution is 7.98. The first-order valence-corrected chi connectivity index (χ1v) is 12.8. The van der Waals surface area contributed by atoms with E-state index in [0.717, 1.165) is 23.3 Å². The van der Waals surface area contributed by atoms with Gasteiger partial charge in [0.2, 0.25) is 10.0 Å². The van der Waals surface area contributed by atoms with E-state index in [-0.39, 0.29) is 5.91 Å². The van der Waals surface area contributed by atoms with Crippen molar-refractivity contribution < 1.29 is 17.9 Å². The monoisotopic (exact) mass is 490 g/mol. The second-order valence-corrected chi connectivity index (χ2v) is 10.5. The van der Waals surface area contributed by atoms with Crippen molar-refractivity contribution in [2.75, 3.05) is 29.9 Å². The van der Waals surface area contributed by atoms with Crippen molar-refractivity contribution >= 4 is 56.6 Å². The van der Waals surface area contributed by atoms with Crippen molar-refractivity contribution in [2.24, 2.45) is 0 Å². The van der Waals surface area contributed by atoms with E-state index in [0.29, 0.717) is 28.0 Å². The van der Waals surface area contributed by atoms with E-state index in [9.17, 15) is 13.2 Å². The van der Waals surface area contributed by atoms with Crippen molar-refractivity contribution in [2.45, 2.75) is 18.8 Å². The predicted octanol–water partition coefficient (Wildman–Crippen LogP) is 4.21. The van der Waals surface area contributed by atoms with Crippen molar-refractivity contribution in [1.29, 1.82) is 0 Å². The molecule has 2 aromatic carbocycles. The molecule has 10 heteroatoms. The van der Waals surface area contributed by atoms with E-state index in [1.54, 1.807) is 55.1 Å². The number of sulfonamides is 1. The molecule has 0 aromatic heterocycles. The number of anilines is 1. The lowest BCUT2D eigenvalue weighted by Crippen LogP contribution is -2.37. The highest BCUT2D eigenvalue weighted by Gasteiger charge is 2.15. The molecule has 2 rings (SSSR count). The minimum atomic E-state index is -3.33. The van der Waals surface area contributed by atoms with Gasteiger partial charge in [-0.2, -0.15) is 11.8 Å². The molecule has 0 saturated carbocycles. The van der Waals surface area contributed by atoms with E-state index < -0.39 is 16.1 Å². The number of benzene rings is 2. The number of nitrogens with one attached hydrogen (secondary N) is 1. The molecule has 0 radical (unpaired) electrons. The maximum absolute atomic E-state index is 12.2. The summed E-state index contributed by atoms with van der Waals surface area (Å²) in [6, 6.07) is 11.9. The van der Waals surface area contributed by atoms with Crippen LogP contribution in [0, 0.1) is 0 Å². The van der Waals surface area contributed by atoms with Gasteiger partial charge in [-0.15, -0.1) is 0 Å². The summed E-state index contributed by atoms with van der Waals surface area (Å²) in [5, 5.41) is 4.07. The first-order chi connectivity index (χ1) is 14.1. The smallest absolute Gasteiger partial charge is 0.260 e. The van der Waals surface area contributed by atoms with Crippen LogP contribution in [0.15, 0.2) is 42.5 Å². The van der Waals surface area contributed by atoms with Gasteiger partial charge in [-0.25, -0.2) is 8.42 Å². The second kappa shape index (κ2) is 11.1. The predicted molar refractivity (Wildman–Crippen MR) is 125 cm³/mol. The maximum atomic E-state index is 12.2. The summed E-state index contributed by atoms with van der Waals surface area (Å²) < 4.78 is 29.9. The van der Waals surface area contributed by atoms with E-state index in [1.165, 1.54) is 11.4 Å². The Hall–Kier alpha value is -1.61. The van der Waals surface area contributed by atoms with Crippen LogP contribution in [0.1, 0.15) is 12.5 Å². The fourth-order valence-corrected chi connectivity index (χ4v) is 4.32. The van der Waals surface area contributed by atoms with Crippen LogP contribution in [0.3, 0.4) is 0 Å². The summed E-state index contributed by atoms with van der Waals surface area (Å²) in [4.78, 5) is 12.2. The largest absolute Gasteiger partial charge is 0.481 e. The molecule has 1 amide bonds. The molecule has 0 aliphatic rings. The van der Waals surface area contributed by atoms with Gasteiger partial charge < -0.3 is 10.1 Å². The van der Waals surface area contributed by atoms with Crippen LogP contribution in [0.5, 0.6) is 5.75 Å². The minimum Gasteiger partial charge on any atom is -0.481 e. The summed E-state index contributed by atoms with van der Waals surface area (Å²) in [7, 11) is -1.86. The standard InChI is InChI=1S/C20H24Cl2N2O4S2/c1-14(28-18-8-6-17(7-9-18)24(2)30(3,26)27)20(25)23-10-11-29-13-15-4-5-16(21)12-19(15)22/h4-9,12,14H,10-11,13H2,1-3H3,(H,23,25)/t14-/m1/s1. The Morgan fingerprint density at radius 1 is 1.20 bits per heavy atom. The number of hydrogen-bond donors (Lipinski definition) is 1. The van der Waals surface area contributed by atoms with Crippen LogP contribution in [0.25, 0.3) is 0 Å². The molecule has 0 aliphatic carbocycles. The molecular weight excluding hydrogens is 467 g/mol. The SMILES string of the molecule is C[C@@H](Oc1ccc(N(C)S(C)(=O)=O)cc1)C(=O)NCCSCc1ccc(Cl)cc1Cl. The van der Waals surface area contributed by atoms with E-state index in [1.807, 2.05) is 6.07 Å². The first kappa shape index (κ1) is 24.7. The molecule has 0 fully saturated rings. The van der Waals surface area contributed by atoms with Crippen LogP contribution in [-0.4, -0.2) is 46.0 Å². The van der Waals surface area contributed by atoms with E-state index >= 15 is 0 Å². The zero-order chi connectivity index (χ0) is 22.3. The van der Waals surface area contributed by atoms with Crippen LogP contribution < -0.4 is 14.4 Å². The van der Waals surface area contributed by atoms with Crippen molar-refractivity contribution in [3.8, 4) is 5.75 Å². The number of nitrogens with zero attached hydrogens (tertiary/aromatic N) is 1. The minimum absolute atomic E-state index is 0.225. The van der Waals surface area contributed by atoms with Gasteiger partial charge in [-0.1, -0.05) is 29.3 Å². The van der Waals surface area contributed by atoms with Gasteiger partial charge in [0.15, 0.2) is 6.10 Å². The average Bonchev–Trinajstić information content (AvgIpc) is 2.68. The maximum Gasteiger partial charge on any atom is 0.260 e. The number of carbonyl (C=O) groups is 1. The molecule has 6 nitrogen and oxygen atoms in total. The molecule has 0 bridgehead atoms. The first-order valence-electron chi connectivity index (χ1n) is 9.08. The number of ether oxygens (including phenoxy) is 1. The van der Waals surface area contributed by atoms with Crippen LogP contribution in [0.4, 0.5) is 5.69 Å². The second-order valence-electron chi connectivity index (χ2n) is 6.56. The quantitative estimate of drug-likeness (QED) is 0.504. The zero-order valence-corrected chi connectivity index (χ0v) is 20.0. The summed E-state index contributed by atoms with van der Waals surface area (Å²) in [5.41, 5.74) is 1.51. The van der Waals surface area contributed by atoms with Crippen LogP contribution >= 0.6 is 35.0 Å². The number of hydrogen-bond acceptors (Lipinski definition) is 5. The number of halogens is 2. The number of rotatable bonds is 10.